The Morgan fingerprint density at radius 1 is 1.33 bits per heavy atom. The van der Waals surface area contributed by atoms with Crippen LogP contribution in [0, 0.1) is 5.92 Å². The summed E-state index contributed by atoms with van der Waals surface area (Å²) >= 11 is 3.66. The highest BCUT2D eigenvalue weighted by atomic mass is 79.9. The third-order valence-electron chi connectivity index (χ3n) is 4.88. The molecule has 0 aromatic heterocycles. The van der Waals surface area contributed by atoms with Crippen LogP contribution in [0.15, 0.2) is 16.6 Å². The van der Waals surface area contributed by atoms with Crippen LogP contribution in [0.25, 0.3) is 0 Å². The lowest BCUT2D eigenvalue weighted by Crippen LogP contribution is -2.32. The molecule has 0 bridgehead atoms. The number of rotatable bonds is 6. The maximum Gasteiger partial charge on any atom is 0.125 e. The maximum atomic E-state index is 5.88. The predicted octanol–water partition coefficient (Wildman–Crippen LogP) is 4.48. The normalized spacial score (nSPS) is 19.5. The van der Waals surface area contributed by atoms with Crippen molar-refractivity contribution in [2.24, 2.45) is 5.92 Å². The molecule has 1 aliphatic carbocycles. The smallest absolute Gasteiger partial charge is 0.125 e. The second-order valence-electron chi connectivity index (χ2n) is 6.50. The van der Waals surface area contributed by atoms with E-state index >= 15 is 0 Å². The molecule has 1 N–H and O–H groups in total. The Morgan fingerprint density at radius 2 is 2.14 bits per heavy atom. The first kappa shape index (κ1) is 15.4. The molecule has 2 aliphatic rings. The Hall–Kier alpha value is -0.540. The summed E-state index contributed by atoms with van der Waals surface area (Å²) in [5.74, 6) is 2.09. The Kier molecular flexibility index (Phi) is 5.23. The van der Waals surface area contributed by atoms with Gasteiger partial charge < -0.3 is 10.1 Å². The number of nitrogens with one attached hydrogen (secondary N) is 1. The summed E-state index contributed by atoms with van der Waals surface area (Å²) in [7, 11) is 0. The topological polar surface area (TPSA) is 21.3 Å². The molecule has 2 nitrogen and oxygen atoms in total. The van der Waals surface area contributed by atoms with Crippen molar-refractivity contribution in [3.8, 4) is 5.75 Å². The fraction of sp³-hybridized carbons (Fsp3) is 0.667. The van der Waals surface area contributed by atoms with Gasteiger partial charge in [-0.15, -0.1) is 0 Å². The van der Waals surface area contributed by atoms with E-state index in [1.54, 1.807) is 0 Å². The van der Waals surface area contributed by atoms with E-state index in [0.717, 1.165) is 37.7 Å². The van der Waals surface area contributed by atoms with Gasteiger partial charge in [0.25, 0.3) is 0 Å². The lowest BCUT2D eigenvalue weighted by atomic mass is 9.93. The van der Waals surface area contributed by atoms with Crippen LogP contribution in [0.4, 0.5) is 0 Å². The highest BCUT2D eigenvalue weighted by Crippen LogP contribution is 2.35. The summed E-state index contributed by atoms with van der Waals surface area (Å²) in [6.07, 6.45) is 9.17. The van der Waals surface area contributed by atoms with Crippen LogP contribution in [0.1, 0.15) is 50.2 Å². The molecule has 1 aliphatic heterocycles. The van der Waals surface area contributed by atoms with E-state index in [1.165, 1.54) is 47.7 Å². The lowest BCUT2D eigenvalue weighted by Gasteiger charge is -2.22. The van der Waals surface area contributed by atoms with Gasteiger partial charge in [0.15, 0.2) is 0 Å². The molecule has 0 amide bonds. The Balaban J connectivity index is 1.72. The van der Waals surface area contributed by atoms with Crippen LogP contribution in [0.2, 0.25) is 0 Å². The molecule has 1 atom stereocenters. The van der Waals surface area contributed by atoms with Crippen molar-refractivity contribution in [3.63, 3.8) is 0 Å². The quantitative estimate of drug-likeness (QED) is 0.815. The van der Waals surface area contributed by atoms with Crippen molar-refractivity contribution in [3.05, 3.63) is 27.7 Å². The molecule has 0 radical (unpaired) electrons. The van der Waals surface area contributed by atoms with E-state index < -0.39 is 0 Å². The molecule has 1 saturated carbocycles. The fourth-order valence-electron chi connectivity index (χ4n) is 3.94. The number of fused-ring (bicyclic) bond motifs is 1. The highest BCUT2D eigenvalue weighted by molar-refractivity contribution is 9.10. The van der Waals surface area contributed by atoms with Crippen LogP contribution in [0.5, 0.6) is 5.75 Å². The van der Waals surface area contributed by atoms with E-state index in [1.807, 2.05) is 0 Å². The molecule has 0 spiro atoms. The summed E-state index contributed by atoms with van der Waals surface area (Å²) in [6, 6.07) is 5.05. The number of hydrogen-bond acceptors (Lipinski definition) is 2. The lowest BCUT2D eigenvalue weighted by molar-refractivity contribution is 0.346. The molecule has 3 rings (SSSR count). The highest BCUT2D eigenvalue weighted by Gasteiger charge is 2.23. The van der Waals surface area contributed by atoms with Gasteiger partial charge in [-0.1, -0.05) is 48.5 Å². The number of likely N-dealkylation sites (N-methyl/N-ethyl adjacent to an activating group) is 1. The van der Waals surface area contributed by atoms with Crippen molar-refractivity contribution < 1.29 is 4.74 Å². The maximum absolute atomic E-state index is 5.88. The number of hydrogen-bond donors (Lipinski definition) is 1. The monoisotopic (exact) mass is 351 g/mol. The average Bonchev–Trinajstić information content (AvgIpc) is 3.09. The van der Waals surface area contributed by atoms with E-state index in [4.69, 9.17) is 4.74 Å². The zero-order chi connectivity index (χ0) is 14.7. The molecule has 116 valence electrons. The minimum absolute atomic E-state index is 0.584. The largest absolute Gasteiger partial charge is 0.493 e. The van der Waals surface area contributed by atoms with E-state index in [9.17, 15) is 0 Å². The molecule has 0 saturated heterocycles. The van der Waals surface area contributed by atoms with E-state index in [0.29, 0.717) is 6.04 Å². The van der Waals surface area contributed by atoms with Gasteiger partial charge in [0, 0.05) is 16.9 Å². The molecular weight excluding hydrogens is 326 g/mol. The summed E-state index contributed by atoms with van der Waals surface area (Å²) in [5.41, 5.74) is 2.75. The zero-order valence-corrected chi connectivity index (χ0v) is 14.5. The number of halogens is 1. The van der Waals surface area contributed by atoms with Gasteiger partial charge >= 0.3 is 0 Å². The molecule has 1 fully saturated rings. The van der Waals surface area contributed by atoms with Gasteiger partial charge in [-0.3, -0.25) is 0 Å². The molecule has 1 aromatic rings. The number of ether oxygens (including phenoxy) is 1. The fourth-order valence-corrected chi connectivity index (χ4v) is 4.49. The average molecular weight is 352 g/mol. The van der Waals surface area contributed by atoms with Crippen LogP contribution in [0.3, 0.4) is 0 Å². The summed E-state index contributed by atoms with van der Waals surface area (Å²) in [6.45, 7) is 4.10. The van der Waals surface area contributed by atoms with Gasteiger partial charge in [0.05, 0.1) is 6.61 Å². The molecule has 1 heterocycles. The molecule has 3 heteroatoms. The Morgan fingerprint density at radius 3 is 2.90 bits per heavy atom. The molecular formula is C18H26BrNO. The van der Waals surface area contributed by atoms with Crippen molar-refractivity contribution in [1.29, 1.82) is 0 Å². The first-order chi connectivity index (χ1) is 10.3. The van der Waals surface area contributed by atoms with Crippen LogP contribution in [-0.2, 0) is 12.8 Å². The predicted molar refractivity (Wildman–Crippen MR) is 91.1 cm³/mol. The third-order valence-corrected chi connectivity index (χ3v) is 5.33. The first-order valence-electron chi connectivity index (χ1n) is 8.43. The van der Waals surface area contributed by atoms with Crippen molar-refractivity contribution >= 4 is 15.9 Å². The van der Waals surface area contributed by atoms with Gasteiger partial charge in [-0.05, 0) is 48.6 Å². The van der Waals surface area contributed by atoms with Crippen LogP contribution < -0.4 is 10.1 Å². The van der Waals surface area contributed by atoms with Crippen molar-refractivity contribution in [2.45, 2.75) is 57.9 Å². The molecule has 1 aromatic carbocycles. The van der Waals surface area contributed by atoms with Gasteiger partial charge in [0.2, 0.25) is 0 Å². The third kappa shape index (κ3) is 3.81. The van der Waals surface area contributed by atoms with Crippen LogP contribution in [-0.4, -0.2) is 19.2 Å². The number of benzene rings is 1. The van der Waals surface area contributed by atoms with Crippen LogP contribution >= 0.6 is 15.9 Å². The molecule has 21 heavy (non-hydrogen) atoms. The first-order valence-corrected chi connectivity index (χ1v) is 9.23. The van der Waals surface area contributed by atoms with Crippen molar-refractivity contribution in [2.75, 3.05) is 13.2 Å². The van der Waals surface area contributed by atoms with E-state index in [-0.39, 0.29) is 0 Å². The summed E-state index contributed by atoms with van der Waals surface area (Å²) < 4.78 is 7.08. The zero-order valence-electron chi connectivity index (χ0n) is 13.0. The Labute approximate surface area is 136 Å². The van der Waals surface area contributed by atoms with Gasteiger partial charge in [-0.2, -0.15) is 0 Å². The standard InChI is InChI=1S/C18H26BrNO/c1-2-20-17(9-13-5-3-4-6-13)12-15-11-16(19)10-14-7-8-21-18(14)15/h10-11,13,17,20H,2-9,12H2,1H3. The van der Waals surface area contributed by atoms with E-state index in [2.05, 4.69) is 40.3 Å². The summed E-state index contributed by atoms with van der Waals surface area (Å²) in [4.78, 5) is 0. The Bertz CT molecular complexity index is 482. The molecule has 1 unspecified atom stereocenters. The van der Waals surface area contributed by atoms with Gasteiger partial charge in [0.1, 0.15) is 5.75 Å². The summed E-state index contributed by atoms with van der Waals surface area (Å²) in [5, 5.41) is 3.70. The van der Waals surface area contributed by atoms with Gasteiger partial charge in [-0.25, -0.2) is 0 Å². The minimum Gasteiger partial charge on any atom is -0.493 e. The minimum atomic E-state index is 0.584. The SMILES string of the molecule is CCNC(Cc1cc(Br)cc2c1OCC2)CC1CCCC1. The second kappa shape index (κ2) is 7.15. The van der Waals surface area contributed by atoms with Crippen molar-refractivity contribution in [1.82, 2.24) is 5.32 Å². The second-order valence-corrected chi connectivity index (χ2v) is 7.41.